The number of carbonyl (C=O) groups is 1. The molecule has 0 atom stereocenters. The molecule has 4 rings (SSSR count). The van der Waals surface area contributed by atoms with Gasteiger partial charge in [0.2, 0.25) is 17.6 Å². The first-order chi connectivity index (χ1) is 13.9. The van der Waals surface area contributed by atoms with Gasteiger partial charge in [-0.3, -0.25) is 4.79 Å². The molecule has 0 bridgehead atoms. The van der Waals surface area contributed by atoms with Crippen molar-refractivity contribution < 1.29 is 22.5 Å². The number of hydrogen-bond donors (Lipinski definition) is 0. The summed E-state index contributed by atoms with van der Waals surface area (Å²) < 4.78 is 43.7. The number of anilines is 1. The highest BCUT2D eigenvalue weighted by atomic mass is 32.2. The molecular formula is C20H16F3N3O2S. The molecule has 5 nitrogen and oxygen atoms in total. The first-order valence-corrected chi connectivity index (χ1v) is 10.0. The second-order valence-electron chi connectivity index (χ2n) is 6.51. The van der Waals surface area contributed by atoms with Gasteiger partial charge in [-0.25, -0.2) is 0 Å². The number of nitrogens with zero attached hydrogens (tertiary/aromatic N) is 3. The van der Waals surface area contributed by atoms with Crippen molar-refractivity contribution in [2.24, 2.45) is 0 Å². The van der Waals surface area contributed by atoms with Gasteiger partial charge < -0.3 is 9.42 Å². The summed E-state index contributed by atoms with van der Waals surface area (Å²) in [5.74, 6) is 0.893. The number of thioether (sulfide) groups is 1. The molecule has 1 aliphatic heterocycles. The third-order valence-corrected chi connectivity index (χ3v) is 5.46. The van der Waals surface area contributed by atoms with Crippen LogP contribution < -0.4 is 4.90 Å². The fourth-order valence-corrected chi connectivity index (χ4v) is 3.89. The van der Waals surface area contributed by atoms with Crippen molar-refractivity contribution in [2.75, 3.05) is 17.2 Å². The Hall–Kier alpha value is -2.81. The van der Waals surface area contributed by atoms with Crippen LogP contribution in [0.15, 0.2) is 53.1 Å². The van der Waals surface area contributed by atoms with Crippen LogP contribution >= 0.6 is 11.8 Å². The van der Waals surface area contributed by atoms with Crippen LogP contribution in [0.5, 0.6) is 0 Å². The first kappa shape index (κ1) is 19.5. The van der Waals surface area contributed by atoms with Gasteiger partial charge in [0, 0.05) is 17.8 Å². The number of benzene rings is 2. The Morgan fingerprint density at radius 3 is 2.83 bits per heavy atom. The normalized spacial score (nSPS) is 13.6. The van der Waals surface area contributed by atoms with Gasteiger partial charge in [0.05, 0.1) is 17.1 Å². The summed E-state index contributed by atoms with van der Waals surface area (Å²) in [4.78, 5) is 18.4. The quantitative estimate of drug-likeness (QED) is 0.606. The van der Waals surface area contributed by atoms with E-state index in [1.54, 1.807) is 4.90 Å². The number of halogens is 3. The Kier molecular flexibility index (Phi) is 5.31. The SMILES string of the molecule is O=C(CSCc1nc(-c2cccc(C(F)(F)F)c2)no1)N1CCc2ccccc21. The minimum Gasteiger partial charge on any atom is -0.338 e. The lowest BCUT2D eigenvalue weighted by molar-refractivity contribution is -0.137. The Balaban J connectivity index is 1.35. The second-order valence-corrected chi connectivity index (χ2v) is 7.49. The van der Waals surface area contributed by atoms with E-state index in [0.717, 1.165) is 29.8 Å². The summed E-state index contributed by atoms with van der Waals surface area (Å²) in [7, 11) is 0. The van der Waals surface area contributed by atoms with E-state index in [0.29, 0.717) is 12.3 Å². The molecule has 9 heteroatoms. The average Bonchev–Trinajstić information content (AvgIpc) is 3.34. The molecule has 2 heterocycles. The van der Waals surface area contributed by atoms with E-state index in [2.05, 4.69) is 10.1 Å². The van der Waals surface area contributed by atoms with Crippen molar-refractivity contribution in [1.29, 1.82) is 0 Å². The van der Waals surface area contributed by atoms with Crippen molar-refractivity contribution in [3.63, 3.8) is 0 Å². The van der Waals surface area contributed by atoms with Gasteiger partial charge in [-0.05, 0) is 30.2 Å². The van der Waals surface area contributed by atoms with E-state index in [9.17, 15) is 18.0 Å². The lowest BCUT2D eigenvalue weighted by atomic mass is 10.1. The van der Waals surface area contributed by atoms with Crippen LogP contribution in [-0.2, 0) is 23.1 Å². The molecule has 0 unspecified atom stereocenters. The monoisotopic (exact) mass is 419 g/mol. The fraction of sp³-hybridized carbons (Fsp3) is 0.250. The Labute approximate surface area is 168 Å². The van der Waals surface area contributed by atoms with Crippen molar-refractivity contribution in [3.05, 3.63) is 65.5 Å². The van der Waals surface area contributed by atoms with E-state index >= 15 is 0 Å². The summed E-state index contributed by atoms with van der Waals surface area (Å²) in [5.41, 5.74) is 1.56. The van der Waals surface area contributed by atoms with Crippen LogP contribution in [0.1, 0.15) is 17.0 Å². The molecule has 3 aromatic rings. The van der Waals surface area contributed by atoms with Crippen LogP contribution in [0.25, 0.3) is 11.4 Å². The molecule has 0 radical (unpaired) electrons. The van der Waals surface area contributed by atoms with Gasteiger partial charge >= 0.3 is 6.18 Å². The Morgan fingerprint density at radius 1 is 1.17 bits per heavy atom. The molecule has 1 amide bonds. The first-order valence-electron chi connectivity index (χ1n) is 8.88. The van der Waals surface area contributed by atoms with Crippen molar-refractivity contribution in [3.8, 4) is 11.4 Å². The highest BCUT2D eigenvalue weighted by Crippen LogP contribution is 2.32. The fourth-order valence-electron chi connectivity index (χ4n) is 3.17. The third-order valence-electron chi connectivity index (χ3n) is 4.56. The number of fused-ring (bicyclic) bond motifs is 1. The topological polar surface area (TPSA) is 59.2 Å². The lowest BCUT2D eigenvalue weighted by Gasteiger charge is -2.16. The summed E-state index contributed by atoms with van der Waals surface area (Å²) in [6.45, 7) is 0.666. The molecule has 0 fully saturated rings. The predicted molar refractivity (Wildman–Crippen MR) is 103 cm³/mol. The number of carbonyl (C=O) groups excluding carboxylic acids is 1. The molecule has 0 saturated carbocycles. The van der Waals surface area contributed by atoms with Crippen LogP contribution in [0.3, 0.4) is 0 Å². The summed E-state index contributed by atoms with van der Waals surface area (Å²) in [6.07, 6.45) is -3.59. The van der Waals surface area contributed by atoms with Gasteiger partial charge in [0.15, 0.2) is 0 Å². The molecule has 2 aromatic carbocycles. The largest absolute Gasteiger partial charge is 0.416 e. The van der Waals surface area contributed by atoms with E-state index in [-0.39, 0.29) is 28.9 Å². The van der Waals surface area contributed by atoms with Gasteiger partial charge in [-0.15, -0.1) is 11.8 Å². The highest BCUT2D eigenvalue weighted by molar-refractivity contribution is 7.99. The van der Waals surface area contributed by atoms with Crippen molar-refractivity contribution >= 4 is 23.4 Å². The molecule has 0 spiro atoms. The molecule has 150 valence electrons. The molecule has 0 aliphatic carbocycles. The Bertz CT molecular complexity index is 1040. The number of amides is 1. The van der Waals surface area contributed by atoms with Crippen molar-refractivity contribution in [2.45, 2.75) is 18.3 Å². The van der Waals surface area contributed by atoms with E-state index in [1.165, 1.54) is 23.9 Å². The number of rotatable bonds is 5. The van der Waals surface area contributed by atoms with Crippen LogP contribution in [0, 0.1) is 0 Å². The van der Waals surface area contributed by atoms with Crippen LogP contribution in [-0.4, -0.2) is 28.3 Å². The maximum atomic E-state index is 12.8. The maximum absolute atomic E-state index is 12.8. The van der Waals surface area contributed by atoms with Gasteiger partial charge in [0.1, 0.15) is 0 Å². The molecular weight excluding hydrogens is 403 g/mol. The van der Waals surface area contributed by atoms with Crippen LogP contribution in [0.2, 0.25) is 0 Å². The number of aromatic nitrogens is 2. The smallest absolute Gasteiger partial charge is 0.338 e. The standard InChI is InChI=1S/C20H16F3N3O2S/c21-20(22,23)15-6-3-5-14(10-15)19-24-17(28-25-19)11-29-12-18(27)26-9-8-13-4-1-2-7-16(13)26/h1-7,10H,8-9,11-12H2. The minimum absolute atomic E-state index is 0.00225. The number of alkyl halides is 3. The molecule has 29 heavy (non-hydrogen) atoms. The molecule has 0 N–H and O–H groups in total. The number of para-hydroxylation sites is 1. The number of hydrogen-bond acceptors (Lipinski definition) is 5. The zero-order chi connectivity index (χ0) is 20.4. The van der Waals surface area contributed by atoms with Gasteiger partial charge in [-0.1, -0.05) is 35.5 Å². The molecule has 0 saturated heterocycles. The summed E-state index contributed by atoms with van der Waals surface area (Å²) in [5, 5.41) is 3.75. The maximum Gasteiger partial charge on any atom is 0.416 e. The summed E-state index contributed by atoms with van der Waals surface area (Å²) in [6, 6.07) is 12.6. The van der Waals surface area contributed by atoms with Crippen molar-refractivity contribution in [1.82, 2.24) is 10.1 Å². The zero-order valence-corrected chi connectivity index (χ0v) is 16.0. The van der Waals surface area contributed by atoms with E-state index < -0.39 is 11.7 Å². The van der Waals surface area contributed by atoms with E-state index in [1.807, 2.05) is 24.3 Å². The minimum atomic E-state index is -4.44. The lowest BCUT2D eigenvalue weighted by Crippen LogP contribution is -2.30. The zero-order valence-electron chi connectivity index (χ0n) is 15.1. The van der Waals surface area contributed by atoms with Crippen LogP contribution in [0.4, 0.5) is 18.9 Å². The van der Waals surface area contributed by atoms with Gasteiger partial charge in [0.25, 0.3) is 0 Å². The third kappa shape index (κ3) is 4.29. The average molecular weight is 419 g/mol. The highest BCUT2D eigenvalue weighted by Gasteiger charge is 2.31. The molecule has 1 aliphatic rings. The molecule has 1 aromatic heterocycles. The second kappa shape index (κ2) is 7.90. The van der Waals surface area contributed by atoms with Gasteiger partial charge in [-0.2, -0.15) is 18.2 Å². The predicted octanol–water partition coefficient (Wildman–Crippen LogP) is 4.58. The van der Waals surface area contributed by atoms with E-state index in [4.69, 9.17) is 4.52 Å². The summed E-state index contributed by atoms with van der Waals surface area (Å²) >= 11 is 1.32. The Morgan fingerprint density at radius 2 is 2.00 bits per heavy atom.